The fourth-order valence-electron chi connectivity index (χ4n) is 0.948. The minimum atomic E-state index is -0.187. The van der Waals surface area contributed by atoms with Crippen molar-refractivity contribution in [2.75, 3.05) is 5.73 Å². The molecule has 2 N–H and O–H groups in total. The molecular formula is C15H20CuN2O4. The third-order valence-electron chi connectivity index (χ3n) is 1.50. The number of nitrogens with zero attached hydrogens (tertiary/aromatic N) is 1. The minimum absolute atomic E-state index is 0. The summed E-state index contributed by atoms with van der Waals surface area (Å²) in [7, 11) is 0. The molecule has 1 rings (SSSR count). The van der Waals surface area contributed by atoms with Gasteiger partial charge in [0.15, 0.2) is 11.6 Å². The van der Waals surface area contributed by atoms with Crippen LogP contribution in [-0.4, -0.2) is 16.6 Å². The first kappa shape index (κ1) is 24.9. The number of ketones is 2. The average molecular weight is 356 g/mol. The summed E-state index contributed by atoms with van der Waals surface area (Å²) < 4.78 is 0. The van der Waals surface area contributed by atoms with Crippen molar-refractivity contribution < 1.29 is 36.9 Å². The van der Waals surface area contributed by atoms with E-state index in [2.05, 4.69) is 4.98 Å². The molecule has 1 aromatic rings. The molecule has 7 heteroatoms. The molecule has 0 aliphatic rings. The molecule has 1 aromatic heterocycles. The smallest absolute Gasteiger partial charge is 0.876 e. The van der Waals surface area contributed by atoms with Crippen LogP contribution in [0.2, 0.25) is 0 Å². The van der Waals surface area contributed by atoms with Gasteiger partial charge in [-0.1, -0.05) is 19.9 Å². The molecule has 0 amide bonds. The molecule has 0 spiro atoms. The number of hydrogen-bond donors (Lipinski definition) is 1. The fourth-order valence-corrected chi connectivity index (χ4v) is 0.948. The van der Waals surface area contributed by atoms with Gasteiger partial charge >= 0.3 is 17.1 Å². The second-order valence-electron chi connectivity index (χ2n) is 3.99. The molecule has 0 atom stereocenters. The number of rotatable bonds is 2. The fraction of sp³-hybridized carbons (Fsp3) is 0.267. The number of carbonyl (C=O) groups excluding carboxylic acids is 2. The number of carbonyl (C=O) groups is 2. The van der Waals surface area contributed by atoms with E-state index in [1.54, 1.807) is 12.3 Å². The van der Waals surface area contributed by atoms with Gasteiger partial charge in [-0.05, 0) is 38.1 Å². The Balaban J connectivity index is -0.000000241. The molecule has 1 radical (unpaired) electrons. The van der Waals surface area contributed by atoms with E-state index in [4.69, 9.17) is 5.73 Å². The van der Waals surface area contributed by atoms with Gasteiger partial charge in [0.1, 0.15) is 5.82 Å². The molecule has 0 saturated heterocycles. The van der Waals surface area contributed by atoms with Gasteiger partial charge in [0.05, 0.1) is 0 Å². The van der Waals surface area contributed by atoms with Gasteiger partial charge in [-0.3, -0.25) is 9.59 Å². The number of hydrogen-bond acceptors (Lipinski definition) is 6. The van der Waals surface area contributed by atoms with Crippen molar-refractivity contribution in [1.29, 1.82) is 0 Å². The van der Waals surface area contributed by atoms with E-state index in [1.165, 1.54) is 27.7 Å². The number of aromatic nitrogens is 1. The molecule has 0 fully saturated rings. The van der Waals surface area contributed by atoms with E-state index in [9.17, 15) is 19.8 Å². The van der Waals surface area contributed by atoms with Crippen molar-refractivity contribution in [1.82, 2.24) is 4.98 Å². The minimum Gasteiger partial charge on any atom is -0.876 e. The van der Waals surface area contributed by atoms with E-state index in [-0.39, 0.29) is 40.2 Å². The van der Waals surface area contributed by atoms with Gasteiger partial charge in [0, 0.05) is 6.20 Å². The number of anilines is 1. The molecule has 22 heavy (non-hydrogen) atoms. The van der Waals surface area contributed by atoms with Crippen molar-refractivity contribution in [2.24, 2.45) is 0 Å². The molecule has 6 nitrogen and oxygen atoms in total. The van der Waals surface area contributed by atoms with Crippen molar-refractivity contribution in [3.05, 3.63) is 48.1 Å². The Morgan fingerprint density at radius 1 is 1.00 bits per heavy atom. The third-order valence-corrected chi connectivity index (χ3v) is 1.50. The van der Waals surface area contributed by atoms with Gasteiger partial charge in [0.25, 0.3) is 0 Å². The maximum Gasteiger partial charge on any atom is 2.00 e. The van der Waals surface area contributed by atoms with Crippen LogP contribution in [0.3, 0.4) is 0 Å². The Labute approximate surface area is 141 Å². The monoisotopic (exact) mass is 355 g/mol. The van der Waals surface area contributed by atoms with Crippen LogP contribution in [0.1, 0.15) is 27.7 Å². The summed E-state index contributed by atoms with van der Waals surface area (Å²) in [4.78, 5) is 23.7. The quantitative estimate of drug-likeness (QED) is 0.464. The van der Waals surface area contributed by atoms with Gasteiger partial charge in [-0.2, -0.15) is 0 Å². The van der Waals surface area contributed by atoms with Crippen LogP contribution in [0.4, 0.5) is 5.82 Å². The molecule has 0 aliphatic carbocycles. The first-order valence-electron chi connectivity index (χ1n) is 6.03. The molecule has 0 bridgehead atoms. The van der Waals surface area contributed by atoms with Crippen molar-refractivity contribution in [3.63, 3.8) is 0 Å². The van der Waals surface area contributed by atoms with Crippen LogP contribution in [0.25, 0.3) is 0 Å². The largest absolute Gasteiger partial charge is 2.00 e. The van der Waals surface area contributed by atoms with Gasteiger partial charge in [-0.25, -0.2) is 4.98 Å². The number of nitrogen functional groups attached to an aromatic ring is 1. The van der Waals surface area contributed by atoms with Crippen LogP contribution < -0.4 is 15.9 Å². The second kappa shape index (κ2) is 15.3. The van der Waals surface area contributed by atoms with Crippen molar-refractivity contribution in [3.8, 4) is 0 Å². The second-order valence-corrected chi connectivity index (χ2v) is 3.99. The number of nitrogens with two attached hydrogens (primary N) is 1. The van der Waals surface area contributed by atoms with E-state index >= 15 is 0 Å². The standard InChI is InChI=1S/C5H6N2.2C5H8O2.Cu/c6-5-3-1-2-4-7-5;2*1-4(6)3-5(2)7;/h1-4H,(H2,6,7);2*3,6H,1-2H3;/q;;;+2/p-2/b;2*4-3-;. The Bertz CT molecular complexity index is 464. The summed E-state index contributed by atoms with van der Waals surface area (Å²) in [6.07, 6.45) is 3.77. The normalized spacial score (nSPS) is 10.0. The summed E-state index contributed by atoms with van der Waals surface area (Å²) in [5.74, 6) is -0.178. The summed E-state index contributed by atoms with van der Waals surface area (Å²) in [6.45, 7) is 5.39. The number of pyridine rings is 1. The van der Waals surface area contributed by atoms with Gasteiger partial charge < -0.3 is 15.9 Å². The predicted octanol–water partition coefficient (Wildman–Crippen LogP) is 0.340. The van der Waals surface area contributed by atoms with E-state index in [0.717, 1.165) is 12.2 Å². The third kappa shape index (κ3) is 26.5. The van der Waals surface area contributed by atoms with Crippen LogP contribution in [0.5, 0.6) is 0 Å². The van der Waals surface area contributed by atoms with E-state index < -0.39 is 0 Å². The number of allylic oxidation sites excluding steroid dienone is 4. The first-order chi connectivity index (χ1) is 9.65. The summed E-state index contributed by atoms with van der Waals surface area (Å²) in [6, 6.07) is 5.43. The van der Waals surface area contributed by atoms with Crippen LogP contribution in [0, 0.1) is 0 Å². The van der Waals surface area contributed by atoms with Crippen LogP contribution >= 0.6 is 0 Å². The Kier molecular flexibility index (Phi) is 17.3. The topological polar surface area (TPSA) is 119 Å². The molecule has 0 aliphatic heterocycles. The van der Waals surface area contributed by atoms with E-state index in [0.29, 0.717) is 5.82 Å². The zero-order valence-corrected chi connectivity index (χ0v) is 13.9. The average Bonchev–Trinajstić information content (AvgIpc) is 2.27. The first-order valence-corrected chi connectivity index (χ1v) is 6.03. The molecule has 0 saturated carbocycles. The zero-order chi connectivity index (χ0) is 16.8. The molecule has 1 heterocycles. The maximum absolute atomic E-state index is 9.98. The predicted molar refractivity (Wildman–Crippen MR) is 77.5 cm³/mol. The van der Waals surface area contributed by atoms with E-state index in [1.807, 2.05) is 12.1 Å². The molecule has 125 valence electrons. The van der Waals surface area contributed by atoms with Crippen LogP contribution in [0.15, 0.2) is 48.1 Å². The Morgan fingerprint density at radius 3 is 1.50 bits per heavy atom. The summed E-state index contributed by atoms with van der Waals surface area (Å²) in [5.41, 5.74) is 5.25. The van der Waals surface area contributed by atoms with Crippen LogP contribution in [-0.2, 0) is 26.7 Å². The Morgan fingerprint density at radius 2 is 1.41 bits per heavy atom. The van der Waals surface area contributed by atoms with Crippen molar-refractivity contribution in [2.45, 2.75) is 27.7 Å². The Hall–Kier alpha value is -2.11. The molecular weight excluding hydrogens is 336 g/mol. The zero-order valence-electron chi connectivity index (χ0n) is 12.9. The molecule has 0 unspecified atom stereocenters. The SMILES string of the molecule is CC(=O)/C=C(/C)[O-].CC(=O)/C=C(/C)[O-].Nc1ccccn1.[Cu+2]. The van der Waals surface area contributed by atoms with Crippen molar-refractivity contribution >= 4 is 17.4 Å². The summed E-state index contributed by atoms with van der Waals surface area (Å²) >= 11 is 0. The van der Waals surface area contributed by atoms with Gasteiger partial charge in [-0.15, -0.1) is 11.5 Å². The molecule has 0 aromatic carbocycles. The maximum atomic E-state index is 9.98. The summed E-state index contributed by atoms with van der Waals surface area (Å²) in [5, 5.41) is 20.0. The van der Waals surface area contributed by atoms with Gasteiger partial charge in [0.2, 0.25) is 0 Å².